The lowest BCUT2D eigenvalue weighted by Gasteiger charge is -2.45. The fourth-order valence-corrected chi connectivity index (χ4v) is 5.53. The van der Waals surface area contributed by atoms with Crippen molar-refractivity contribution < 1.29 is 19.0 Å². The van der Waals surface area contributed by atoms with Crippen molar-refractivity contribution in [2.45, 2.75) is 19.8 Å². The van der Waals surface area contributed by atoms with Crippen LogP contribution in [-0.4, -0.2) is 74.9 Å². The van der Waals surface area contributed by atoms with Crippen molar-refractivity contribution in [2.75, 3.05) is 59.2 Å². The Labute approximate surface area is 223 Å². The molecule has 2 aliphatic heterocycles. The Morgan fingerprint density at radius 2 is 1.92 bits per heavy atom. The second kappa shape index (κ2) is 11.6. The van der Waals surface area contributed by atoms with Crippen molar-refractivity contribution in [3.63, 3.8) is 0 Å². The second-order valence-corrected chi connectivity index (χ2v) is 9.54. The van der Waals surface area contributed by atoms with Crippen LogP contribution in [0.15, 0.2) is 41.1 Å². The third-order valence-electron chi connectivity index (χ3n) is 7.51. The summed E-state index contributed by atoms with van der Waals surface area (Å²) < 4.78 is 17.4. The quantitative estimate of drug-likeness (QED) is 0.575. The number of amides is 1. The van der Waals surface area contributed by atoms with E-state index in [-0.39, 0.29) is 23.7 Å². The molecule has 1 aliphatic carbocycles. The fourth-order valence-electron chi connectivity index (χ4n) is 5.53. The zero-order valence-corrected chi connectivity index (χ0v) is 21.8. The molecule has 2 heterocycles. The maximum atomic E-state index is 12.2. The maximum absolute atomic E-state index is 12.2. The van der Waals surface area contributed by atoms with E-state index in [4.69, 9.17) is 19.9 Å². The predicted octanol–water partition coefficient (Wildman–Crippen LogP) is 2.07. The lowest BCUT2D eigenvalue weighted by Crippen LogP contribution is -2.48. The highest BCUT2D eigenvalue weighted by Gasteiger charge is 2.54. The summed E-state index contributed by atoms with van der Waals surface area (Å²) >= 11 is 0. The Kier molecular flexibility index (Phi) is 8.22. The summed E-state index contributed by atoms with van der Waals surface area (Å²) in [7, 11) is 0. The molecule has 0 aromatic heterocycles. The van der Waals surface area contributed by atoms with Crippen LogP contribution < -0.4 is 15.2 Å². The predicted molar refractivity (Wildman–Crippen MR) is 137 cm³/mol. The number of ether oxygens (including phenoxy) is 3. The standard InChI is InChI=1S/C28H32N6O4/c1-3-37-25-14-20(4-5-24(25)38-13-10-33-8-11-36-12-9-33)26-23-16-34(19(2)35)7-6-21(23)22(15-29)27(32)28(26,17-30)18-31/h4-6,14,23,26H,3,7-13,16,32H2,1-2H3/t23-,26+/m0/s1. The minimum absolute atomic E-state index is 0.0578. The Morgan fingerprint density at radius 1 is 1.18 bits per heavy atom. The second-order valence-electron chi connectivity index (χ2n) is 9.54. The van der Waals surface area contributed by atoms with E-state index in [1.165, 1.54) is 6.92 Å². The molecular weight excluding hydrogens is 484 g/mol. The minimum atomic E-state index is -1.80. The average Bonchev–Trinajstić information content (AvgIpc) is 2.94. The zero-order chi connectivity index (χ0) is 27.3. The molecule has 10 nitrogen and oxygen atoms in total. The van der Waals surface area contributed by atoms with Crippen LogP contribution in [0.2, 0.25) is 0 Å². The molecule has 0 unspecified atom stereocenters. The van der Waals surface area contributed by atoms with Gasteiger partial charge in [0, 0.05) is 51.5 Å². The molecule has 1 saturated heterocycles. The first-order chi connectivity index (χ1) is 18.4. The van der Waals surface area contributed by atoms with Crippen molar-refractivity contribution in [3.05, 3.63) is 46.7 Å². The molecule has 2 atom stereocenters. The number of carbonyl (C=O) groups is 1. The van der Waals surface area contributed by atoms with Gasteiger partial charge in [-0.1, -0.05) is 12.1 Å². The van der Waals surface area contributed by atoms with Gasteiger partial charge in [0.05, 0.1) is 43.2 Å². The molecule has 0 saturated carbocycles. The maximum Gasteiger partial charge on any atom is 0.219 e. The van der Waals surface area contributed by atoms with Crippen molar-refractivity contribution in [3.8, 4) is 29.7 Å². The van der Waals surface area contributed by atoms with Gasteiger partial charge in [0.1, 0.15) is 12.7 Å². The number of carbonyl (C=O) groups excluding carboxylic acids is 1. The molecule has 2 N–H and O–H groups in total. The summed E-state index contributed by atoms with van der Waals surface area (Å²) in [6.07, 6.45) is 1.80. The Hall–Kier alpha value is -4.04. The first-order valence-electron chi connectivity index (χ1n) is 12.8. The summed E-state index contributed by atoms with van der Waals surface area (Å²) in [5.74, 6) is -0.278. The number of benzene rings is 1. The molecule has 1 amide bonds. The number of hydrogen-bond acceptors (Lipinski definition) is 9. The van der Waals surface area contributed by atoms with Gasteiger partial charge in [0.25, 0.3) is 0 Å². The number of nitrogens with two attached hydrogens (primary N) is 1. The van der Waals surface area contributed by atoms with Crippen LogP contribution in [0, 0.1) is 45.3 Å². The van der Waals surface area contributed by atoms with Gasteiger partial charge < -0.3 is 24.8 Å². The molecule has 1 aromatic carbocycles. The third kappa shape index (κ3) is 4.91. The van der Waals surface area contributed by atoms with Crippen LogP contribution in [0.5, 0.6) is 11.5 Å². The highest BCUT2D eigenvalue weighted by Crippen LogP contribution is 2.54. The van der Waals surface area contributed by atoms with Crippen molar-refractivity contribution in [2.24, 2.45) is 17.1 Å². The highest BCUT2D eigenvalue weighted by atomic mass is 16.5. The highest BCUT2D eigenvalue weighted by molar-refractivity contribution is 5.74. The lowest BCUT2D eigenvalue weighted by molar-refractivity contribution is -0.129. The van der Waals surface area contributed by atoms with E-state index in [0.717, 1.165) is 19.6 Å². The molecular formula is C28H32N6O4. The normalized spacial score (nSPS) is 22.8. The van der Waals surface area contributed by atoms with Gasteiger partial charge in [-0.15, -0.1) is 0 Å². The lowest BCUT2D eigenvalue weighted by atomic mass is 9.58. The number of hydrogen-bond donors (Lipinski definition) is 1. The largest absolute Gasteiger partial charge is 0.490 e. The van der Waals surface area contributed by atoms with E-state index in [0.29, 0.717) is 55.6 Å². The summed E-state index contributed by atoms with van der Waals surface area (Å²) in [4.78, 5) is 16.2. The van der Waals surface area contributed by atoms with Crippen LogP contribution >= 0.6 is 0 Å². The van der Waals surface area contributed by atoms with E-state index in [1.54, 1.807) is 23.1 Å². The number of morpholine rings is 1. The summed E-state index contributed by atoms with van der Waals surface area (Å²) in [6.45, 7) is 8.69. The topological polar surface area (TPSA) is 149 Å². The first kappa shape index (κ1) is 27.0. The molecule has 10 heteroatoms. The van der Waals surface area contributed by atoms with Gasteiger partial charge in [-0.3, -0.25) is 9.69 Å². The van der Waals surface area contributed by atoms with Crippen LogP contribution in [-0.2, 0) is 9.53 Å². The number of allylic oxidation sites excluding steroid dienone is 2. The molecule has 3 aliphatic rings. The van der Waals surface area contributed by atoms with E-state index >= 15 is 0 Å². The minimum Gasteiger partial charge on any atom is -0.490 e. The number of rotatable bonds is 7. The molecule has 0 spiro atoms. The first-order valence-corrected chi connectivity index (χ1v) is 12.8. The van der Waals surface area contributed by atoms with E-state index in [9.17, 15) is 20.6 Å². The molecule has 198 valence electrons. The van der Waals surface area contributed by atoms with Crippen molar-refractivity contribution in [1.29, 1.82) is 15.8 Å². The Morgan fingerprint density at radius 3 is 2.55 bits per heavy atom. The monoisotopic (exact) mass is 516 g/mol. The van der Waals surface area contributed by atoms with Crippen LogP contribution in [0.4, 0.5) is 0 Å². The van der Waals surface area contributed by atoms with E-state index in [1.807, 2.05) is 13.0 Å². The average molecular weight is 517 g/mol. The molecule has 38 heavy (non-hydrogen) atoms. The molecule has 1 fully saturated rings. The van der Waals surface area contributed by atoms with Gasteiger partial charge in [-0.25, -0.2) is 0 Å². The summed E-state index contributed by atoms with van der Waals surface area (Å²) in [5, 5.41) is 30.6. The van der Waals surface area contributed by atoms with Crippen molar-refractivity contribution >= 4 is 5.91 Å². The molecule has 4 rings (SSSR count). The summed E-state index contributed by atoms with van der Waals surface area (Å²) in [6, 6.07) is 11.8. The Bertz CT molecular complexity index is 1250. The third-order valence-corrected chi connectivity index (χ3v) is 7.51. The van der Waals surface area contributed by atoms with Gasteiger partial charge >= 0.3 is 0 Å². The molecule has 0 radical (unpaired) electrons. The van der Waals surface area contributed by atoms with E-state index in [2.05, 4.69) is 23.1 Å². The fraction of sp³-hybridized carbons (Fsp3) is 0.500. The van der Waals surface area contributed by atoms with Gasteiger partial charge in [-0.05, 0) is 30.2 Å². The van der Waals surface area contributed by atoms with Gasteiger partial charge in [-0.2, -0.15) is 15.8 Å². The van der Waals surface area contributed by atoms with E-state index < -0.39 is 17.3 Å². The number of nitrogens with zero attached hydrogens (tertiary/aromatic N) is 5. The van der Waals surface area contributed by atoms with Crippen LogP contribution in [0.3, 0.4) is 0 Å². The van der Waals surface area contributed by atoms with Crippen LogP contribution in [0.1, 0.15) is 25.3 Å². The smallest absolute Gasteiger partial charge is 0.219 e. The van der Waals surface area contributed by atoms with Gasteiger partial charge in [0.2, 0.25) is 5.91 Å². The SMILES string of the molecule is CCOc1cc([C@@H]2[C@H]3CN(C(C)=O)CC=C3C(C#N)=C(N)C2(C#N)C#N)ccc1OCCN1CCOCC1. The van der Waals surface area contributed by atoms with Crippen LogP contribution in [0.25, 0.3) is 0 Å². The number of fused-ring (bicyclic) bond motifs is 1. The summed E-state index contributed by atoms with van der Waals surface area (Å²) in [5.41, 5.74) is 6.01. The molecule has 1 aromatic rings. The van der Waals surface area contributed by atoms with Gasteiger partial charge in [0.15, 0.2) is 16.9 Å². The van der Waals surface area contributed by atoms with Crippen molar-refractivity contribution in [1.82, 2.24) is 9.80 Å². The zero-order valence-electron chi connectivity index (χ0n) is 21.8. The number of nitriles is 3. The Balaban J connectivity index is 1.73. The molecule has 0 bridgehead atoms.